The molecule has 2 aliphatic carbocycles. The van der Waals surface area contributed by atoms with Crippen LogP contribution in [0.15, 0.2) is 35.7 Å². The third kappa shape index (κ3) is 4.23. The number of ether oxygens (including phenoxy) is 2. The number of hydrogen-bond acceptors (Lipinski definition) is 7. The van der Waals surface area contributed by atoms with E-state index in [1.54, 1.807) is 7.11 Å². The van der Waals surface area contributed by atoms with Gasteiger partial charge in [0, 0.05) is 42.3 Å². The molecule has 5 aliphatic rings. The summed E-state index contributed by atoms with van der Waals surface area (Å²) >= 11 is 1.86. The van der Waals surface area contributed by atoms with E-state index in [2.05, 4.69) is 50.7 Å². The second-order valence-electron chi connectivity index (χ2n) is 11.4. The maximum Gasteiger partial charge on any atom is 0.235 e. The normalized spacial score (nSPS) is 35.1. The quantitative estimate of drug-likeness (QED) is 0.539. The van der Waals surface area contributed by atoms with E-state index in [4.69, 9.17) is 9.47 Å². The van der Waals surface area contributed by atoms with Gasteiger partial charge in [0.25, 0.3) is 0 Å². The number of carbonyl (C=O) groups excluding carboxylic acids is 1. The summed E-state index contributed by atoms with van der Waals surface area (Å²) in [6.45, 7) is 4.77. The molecule has 6 atom stereocenters. The Morgan fingerprint density at radius 3 is 2.97 bits per heavy atom. The second-order valence-corrected chi connectivity index (χ2v) is 12.4. The van der Waals surface area contributed by atoms with Crippen LogP contribution in [0.4, 0.5) is 5.69 Å². The summed E-state index contributed by atoms with van der Waals surface area (Å²) in [6.07, 6.45) is 9.11. The topological polar surface area (TPSA) is 74.9 Å². The third-order valence-electron chi connectivity index (χ3n) is 9.44. The SMILES string of the molecule is COc1ccc2c(c1)[C@]1(C[C@H]1C1CCC3C(/C=C/c4csc(CN5CCOCC5)c4)NNC3C1)C(=O)N2. The highest BCUT2D eigenvalue weighted by Gasteiger charge is 2.67. The lowest BCUT2D eigenvalue weighted by Crippen LogP contribution is -2.37. The van der Waals surface area contributed by atoms with Crippen molar-refractivity contribution in [1.29, 1.82) is 0 Å². The Hall–Kier alpha value is -2.23. The van der Waals surface area contributed by atoms with Crippen LogP contribution in [0.25, 0.3) is 6.08 Å². The third-order valence-corrected chi connectivity index (χ3v) is 10.4. The van der Waals surface area contributed by atoms with Gasteiger partial charge in [0.15, 0.2) is 0 Å². The number of hydrogen-bond donors (Lipinski definition) is 3. The molecule has 37 heavy (non-hydrogen) atoms. The van der Waals surface area contributed by atoms with Gasteiger partial charge in [0.05, 0.1) is 25.7 Å². The number of thiophene rings is 1. The van der Waals surface area contributed by atoms with Crippen molar-refractivity contribution < 1.29 is 14.3 Å². The van der Waals surface area contributed by atoms with Crippen LogP contribution < -0.4 is 20.9 Å². The number of methoxy groups -OCH3 is 1. The van der Waals surface area contributed by atoms with Gasteiger partial charge in [0.1, 0.15) is 5.75 Å². The van der Waals surface area contributed by atoms with Crippen molar-refractivity contribution in [1.82, 2.24) is 15.8 Å². The van der Waals surface area contributed by atoms with E-state index in [-0.39, 0.29) is 11.3 Å². The van der Waals surface area contributed by atoms with E-state index in [1.165, 1.54) is 23.3 Å². The van der Waals surface area contributed by atoms with E-state index >= 15 is 0 Å². The minimum absolute atomic E-state index is 0.185. The fourth-order valence-electron chi connectivity index (χ4n) is 7.36. The molecule has 4 heterocycles. The van der Waals surface area contributed by atoms with Crippen molar-refractivity contribution in [3.63, 3.8) is 0 Å². The standard InChI is InChI=1S/C29H36N4O3S/c1-35-20-4-7-26-23(14-20)29(28(34)30-26)15-24(29)19-3-5-22-25(31-32-27(22)13-19)6-2-18-12-21(37-17-18)16-33-8-10-36-11-9-33/h2,4,6-7,12,14,17,19,22,24-25,27,31-32H,3,5,8-11,13,15-16H2,1H3,(H,30,34)/b6-2+/t19?,22?,24-,25?,27?,29-/m0/s1. The minimum Gasteiger partial charge on any atom is -0.497 e. The van der Waals surface area contributed by atoms with E-state index in [0.717, 1.165) is 62.7 Å². The Labute approximate surface area is 222 Å². The molecule has 7 nitrogen and oxygen atoms in total. The van der Waals surface area contributed by atoms with Gasteiger partial charge in [-0.15, -0.1) is 11.3 Å². The van der Waals surface area contributed by atoms with E-state index in [0.29, 0.717) is 29.8 Å². The first-order valence-electron chi connectivity index (χ1n) is 13.7. The highest BCUT2D eigenvalue weighted by Crippen LogP contribution is 2.65. The fraction of sp³-hybridized carbons (Fsp3) is 0.552. The number of hydrazine groups is 1. The first-order valence-corrected chi connectivity index (χ1v) is 14.6. The summed E-state index contributed by atoms with van der Waals surface area (Å²) in [6, 6.07) is 9.14. The van der Waals surface area contributed by atoms with Crippen LogP contribution in [0.5, 0.6) is 5.75 Å². The predicted octanol–water partition coefficient (Wildman–Crippen LogP) is 3.77. The summed E-state index contributed by atoms with van der Waals surface area (Å²) in [5.41, 5.74) is 10.2. The van der Waals surface area contributed by atoms with E-state index in [1.807, 2.05) is 23.5 Å². The lowest BCUT2D eigenvalue weighted by molar-refractivity contribution is -0.118. The molecule has 1 aromatic heterocycles. The number of morpholine rings is 1. The van der Waals surface area contributed by atoms with Crippen LogP contribution >= 0.6 is 11.3 Å². The number of benzene rings is 1. The van der Waals surface area contributed by atoms with E-state index < -0.39 is 0 Å². The smallest absolute Gasteiger partial charge is 0.235 e. The summed E-state index contributed by atoms with van der Waals surface area (Å²) in [7, 11) is 1.69. The molecule has 7 rings (SSSR count). The van der Waals surface area contributed by atoms with Gasteiger partial charge in [0.2, 0.25) is 5.91 Å². The number of carbonyl (C=O) groups is 1. The van der Waals surface area contributed by atoms with Gasteiger partial charge in [-0.05, 0) is 84.2 Å². The second kappa shape index (κ2) is 9.50. The Balaban J connectivity index is 0.975. The Bertz CT molecular complexity index is 1210. The van der Waals surface area contributed by atoms with Crippen LogP contribution in [0, 0.1) is 17.8 Å². The first kappa shape index (κ1) is 23.9. The number of amides is 1. The van der Waals surface area contributed by atoms with Gasteiger partial charge in [-0.3, -0.25) is 20.5 Å². The zero-order valence-corrected chi connectivity index (χ0v) is 22.2. The zero-order chi connectivity index (χ0) is 25.0. The lowest BCUT2D eigenvalue weighted by Gasteiger charge is -2.33. The molecule has 1 aromatic carbocycles. The Morgan fingerprint density at radius 2 is 2.11 bits per heavy atom. The molecular formula is C29H36N4O3S. The van der Waals surface area contributed by atoms with Crippen LogP contribution in [-0.2, 0) is 21.5 Å². The van der Waals surface area contributed by atoms with Crippen molar-refractivity contribution in [2.24, 2.45) is 17.8 Å². The highest BCUT2D eigenvalue weighted by atomic mass is 32.1. The molecule has 1 amide bonds. The fourth-order valence-corrected chi connectivity index (χ4v) is 8.26. The molecule has 196 valence electrons. The van der Waals surface area contributed by atoms with Crippen LogP contribution in [-0.4, -0.2) is 56.3 Å². The summed E-state index contributed by atoms with van der Waals surface area (Å²) in [4.78, 5) is 17.0. The largest absolute Gasteiger partial charge is 0.497 e. The molecule has 8 heteroatoms. The summed E-state index contributed by atoms with van der Waals surface area (Å²) in [5, 5.41) is 5.41. The highest BCUT2D eigenvalue weighted by molar-refractivity contribution is 7.10. The molecule has 2 aromatic rings. The predicted molar refractivity (Wildman–Crippen MR) is 146 cm³/mol. The van der Waals surface area contributed by atoms with Gasteiger partial charge >= 0.3 is 0 Å². The van der Waals surface area contributed by atoms with Gasteiger partial charge in [-0.25, -0.2) is 0 Å². The summed E-state index contributed by atoms with van der Waals surface area (Å²) < 4.78 is 10.9. The van der Waals surface area contributed by atoms with Crippen LogP contribution in [0.2, 0.25) is 0 Å². The van der Waals surface area contributed by atoms with Gasteiger partial charge < -0.3 is 14.8 Å². The lowest BCUT2D eigenvalue weighted by atomic mass is 9.73. The number of rotatable bonds is 6. The molecule has 4 unspecified atom stereocenters. The Kier molecular flexibility index (Phi) is 6.13. The molecule has 0 bridgehead atoms. The minimum atomic E-state index is -0.343. The average molecular weight is 521 g/mol. The molecule has 1 spiro atoms. The van der Waals surface area contributed by atoms with Crippen molar-refractivity contribution in [3.8, 4) is 5.75 Å². The molecular weight excluding hydrogens is 484 g/mol. The van der Waals surface area contributed by atoms with Gasteiger partial charge in [-0.1, -0.05) is 12.2 Å². The number of nitrogens with zero attached hydrogens (tertiary/aromatic N) is 1. The van der Waals surface area contributed by atoms with Crippen molar-refractivity contribution in [2.75, 3.05) is 38.7 Å². The average Bonchev–Trinajstić information content (AvgIpc) is 3.16. The maximum absolute atomic E-state index is 13.1. The van der Waals surface area contributed by atoms with E-state index in [9.17, 15) is 4.79 Å². The number of anilines is 1. The van der Waals surface area contributed by atoms with Crippen molar-refractivity contribution in [3.05, 3.63) is 51.7 Å². The summed E-state index contributed by atoms with van der Waals surface area (Å²) in [5.74, 6) is 2.61. The number of fused-ring (bicyclic) bond motifs is 3. The zero-order valence-electron chi connectivity index (χ0n) is 21.4. The van der Waals surface area contributed by atoms with Gasteiger partial charge in [-0.2, -0.15) is 0 Å². The van der Waals surface area contributed by atoms with Crippen molar-refractivity contribution in [2.45, 2.75) is 49.7 Å². The maximum atomic E-state index is 13.1. The number of nitrogens with one attached hydrogen (secondary N) is 3. The molecule has 2 saturated heterocycles. The monoisotopic (exact) mass is 520 g/mol. The van der Waals surface area contributed by atoms with Crippen molar-refractivity contribution >= 4 is 29.0 Å². The Morgan fingerprint density at radius 1 is 1.22 bits per heavy atom. The molecule has 3 aliphatic heterocycles. The first-order chi connectivity index (χ1) is 18.1. The van der Waals surface area contributed by atoms with Crippen LogP contribution in [0.3, 0.4) is 0 Å². The van der Waals surface area contributed by atoms with Crippen LogP contribution in [0.1, 0.15) is 41.7 Å². The molecule has 2 saturated carbocycles. The molecule has 4 fully saturated rings. The molecule has 3 N–H and O–H groups in total. The molecule has 0 radical (unpaired) electrons.